The fourth-order valence-corrected chi connectivity index (χ4v) is 3.28. The van der Waals surface area contributed by atoms with Gasteiger partial charge in [0.1, 0.15) is 6.10 Å². The third-order valence-electron chi connectivity index (χ3n) is 6.62. The Balaban J connectivity index is 3.16. The van der Waals surface area contributed by atoms with E-state index in [-0.39, 0.29) is 10.8 Å². The van der Waals surface area contributed by atoms with Gasteiger partial charge in [0, 0.05) is 5.41 Å². The molecule has 0 aromatic rings. The molecule has 0 N–H and O–H groups in total. The average molecular weight is 266 g/mol. The molecule has 0 saturated carbocycles. The first-order chi connectivity index (χ1) is 8.44. The molecule has 0 radical (unpaired) electrons. The Morgan fingerprint density at radius 3 is 1.89 bits per heavy atom. The van der Waals surface area contributed by atoms with Crippen molar-refractivity contribution in [1.29, 1.82) is 0 Å². The Hall–Kier alpha value is -0.460. The standard InChI is InChI=1S/C18H34O/c1-11(2)17(7,8)18(9,10)16-14(5)12(3)13(4)15(6)19-16/h11-12,14,16H,1-10H3/t12-,14+,16+/m0/s1. The summed E-state index contributed by atoms with van der Waals surface area (Å²) >= 11 is 0. The fourth-order valence-electron chi connectivity index (χ4n) is 3.28. The normalized spacial score (nSPS) is 29.7. The lowest BCUT2D eigenvalue weighted by Gasteiger charge is -2.53. The zero-order valence-corrected chi connectivity index (χ0v) is 14.7. The highest BCUT2D eigenvalue weighted by atomic mass is 16.5. The van der Waals surface area contributed by atoms with Crippen molar-refractivity contribution < 1.29 is 4.74 Å². The van der Waals surface area contributed by atoms with E-state index in [0.29, 0.717) is 23.9 Å². The first kappa shape index (κ1) is 16.6. The van der Waals surface area contributed by atoms with Crippen molar-refractivity contribution in [2.24, 2.45) is 28.6 Å². The van der Waals surface area contributed by atoms with Gasteiger partial charge in [0.05, 0.1) is 5.76 Å². The van der Waals surface area contributed by atoms with Gasteiger partial charge in [-0.25, -0.2) is 0 Å². The van der Waals surface area contributed by atoms with Gasteiger partial charge >= 0.3 is 0 Å². The van der Waals surface area contributed by atoms with E-state index in [1.54, 1.807) is 0 Å². The molecule has 0 aliphatic carbocycles. The lowest BCUT2D eigenvalue weighted by molar-refractivity contribution is -0.114. The van der Waals surface area contributed by atoms with Gasteiger partial charge in [0.15, 0.2) is 0 Å². The molecule has 1 heteroatoms. The first-order valence-electron chi connectivity index (χ1n) is 7.78. The highest BCUT2D eigenvalue weighted by Gasteiger charge is 2.50. The van der Waals surface area contributed by atoms with Crippen LogP contribution in [0.25, 0.3) is 0 Å². The molecule has 0 unspecified atom stereocenters. The van der Waals surface area contributed by atoms with Crippen LogP contribution < -0.4 is 0 Å². The van der Waals surface area contributed by atoms with Gasteiger partial charge in [-0.15, -0.1) is 0 Å². The predicted molar refractivity (Wildman–Crippen MR) is 84.0 cm³/mol. The van der Waals surface area contributed by atoms with Gasteiger partial charge in [-0.1, -0.05) is 55.4 Å². The zero-order chi connectivity index (χ0) is 15.2. The molecule has 19 heavy (non-hydrogen) atoms. The van der Waals surface area contributed by atoms with Crippen LogP contribution in [-0.2, 0) is 4.74 Å². The minimum absolute atomic E-state index is 0.150. The number of rotatable bonds is 3. The molecule has 0 aromatic heterocycles. The second kappa shape index (κ2) is 5.14. The first-order valence-corrected chi connectivity index (χ1v) is 7.78. The number of ether oxygens (including phenoxy) is 1. The summed E-state index contributed by atoms with van der Waals surface area (Å²) in [5.41, 5.74) is 1.82. The van der Waals surface area contributed by atoms with Gasteiger partial charge in [0.2, 0.25) is 0 Å². The van der Waals surface area contributed by atoms with E-state index >= 15 is 0 Å². The van der Waals surface area contributed by atoms with E-state index in [1.807, 2.05) is 0 Å². The maximum atomic E-state index is 6.36. The van der Waals surface area contributed by atoms with E-state index in [2.05, 4.69) is 69.2 Å². The predicted octanol–water partition coefficient (Wildman–Crippen LogP) is 5.66. The van der Waals surface area contributed by atoms with Crippen LogP contribution in [-0.4, -0.2) is 6.10 Å². The van der Waals surface area contributed by atoms with Gasteiger partial charge < -0.3 is 4.74 Å². The highest BCUT2D eigenvalue weighted by molar-refractivity contribution is 5.14. The van der Waals surface area contributed by atoms with Crippen LogP contribution >= 0.6 is 0 Å². The van der Waals surface area contributed by atoms with Crippen molar-refractivity contribution >= 4 is 0 Å². The van der Waals surface area contributed by atoms with Crippen molar-refractivity contribution in [2.75, 3.05) is 0 Å². The maximum absolute atomic E-state index is 6.36. The Bertz CT molecular complexity index is 360. The van der Waals surface area contributed by atoms with Gasteiger partial charge in [0.25, 0.3) is 0 Å². The van der Waals surface area contributed by atoms with Crippen molar-refractivity contribution in [3.8, 4) is 0 Å². The second-order valence-electron chi connectivity index (χ2n) is 8.02. The summed E-state index contributed by atoms with van der Waals surface area (Å²) in [6.45, 7) is 23.2. The average Bonchev–Trinajstić information content (AvgIpc) is 2.30. The molecule has 0 bridgehead atoms. The molecule has 3 atom stereocenters. The van der Waals surface area contributed by atoms with E-state index < -0.39 is 0 Å². The van der Waals surface area contributed by atoms with Crippen LogP contribution in [0.1, 0.15) is 69.2 Å². The topological polar surface area (TPSA) is 9.23 Å². The third-order valence-corrected chi connectivity index (χ3v) is 6.62. The molecule has 1 rings (SSSR count). The van der Waals surface area contributed by atoms with Crippen molar-refractivity contribution in [2.45, 2.75) is 75.3 Å². The van der Waals surface area contributed by atoms with Crippen LogP contribution in [0.3, 0.4) is 0 Å². The van der Waals surface area contributed by atoms with Crippen LogP contribution in [0.15, 0.2) is 11.3 Å². The van der Waals surface area contributed by atoms with Crippen molar-refractivity contribution in [3.63, 3.8) is 0 Å². The van der Waals surface area contributed by atoms with E-state index in [0.717, 1.165) is 5.76 Å². The smallest absolute Gasteiger partial charge is 0.107 e. The van der Waals surface area contributed by atoms with Crippen LogP contribution in [0, 0.1) is 28.6 Å². The highest BCUT2D eigenvalue weighted by Crippen LogP contribution is 2.52. The van der Waals surface area contributed by atoms with E-state index in [1.165, 1.54) is 5.57 Å². The lowest BCUT2D eigenvalue weighted by Crippen LogP contribution is -2.51. The number of hydrogen-bond donors (Lipinski definition) is 0. The van der Waals surface area contributed by atoms with Crippen LogP contribution in [0.5, 0.6) is 0 Å². The maximum Gasteiger partial charge on any atom is 0.107 e. The molecule has 0 spiro atoms. The van der Waals surface area contributed by atoms with E-state index in [9.17, 15) is 0 Å². The van der Waals surface area contributed by atoms with Gasteiger partial charge in [-0.05, 0) is 42.6 Å². The molecule has 112 valence electrons. The van der Waals surface area contributed by atoms with E-state index in [4.69, 9.17) is 4.74 Å². The monoisotopic (exact) mass is 266 g/mol. The molecule has 0 saturated heterocycles. The van der Waals surface area contributed by atoms with Crippen LogP contribution in [0.2, 0.25) is 0 Å². The summed E-state index contributed by atoms with van der Waals surface area (Å²) in [4.78, 5) is 0. The van der Waals surface area contributed by atoms with Crippen molar-refractivity contribution in [1.82, 2.24) is 0 Å². The fraction of sp³-hybridized carbons (Fsp3) is 0.889. The zero-order valence-electron chi connectivity index (χ0n) is 14.7. The molecule has 1 aliphatic rings. The quantitative estimate of drug-likeness (QED) is 0.640. The molecule has 0 amide bonds. The number of hydrogen-bond acceptors (Lipinski definition) is 1. The molecule has 1 heterocycles. The minimum Gasteiger partial charge on any atom is -0.494 e. The Morgan fingerprint density at radius 1 is 1.00 bits per heavy atom. The molecule has 0 fully saturated rings. The summed E-state index contributed by atoms with van der Waals surface area (Å²) in [5, 5.41) is 0. The molecular weight excluding hydrogens is 232 g/mol. The third kappa shape index (κ3) is 2.58. The summed E-state index contributed by atoms with van der Waals surface area (Å²) in [6, 6.07) is 0. The lowest BCUT2D eigenvalue weighted by atomic mass is 9.56. The number of allylic oxidation sites excluding steroid dienone is 2. The molecular formula is C18H34O. The Morgan fingerprint density at radius 2 is 1.47 bits per heavy atom. The summed E-state index contributed by atoms with van der Waals surface area (Å²) in [7, 11) is 0. The Labute approximate surface area is 120 Å². The van der Waals surface area contributed by atoms with Crippen molar-refractivity contribution in [3.05, 3.63) is 11.3 Å². The van der Waals surface area contributed by atoms with Gasteiger partial charge in [-0.2, -0.15) is 0 Å². The minimum atomic E-state index is 0.150. The Kier molecular flexibility index (Phi) is 4.49. The largest absolute Gasteiger partial charge is 0.494 e. The molecule has 0 aromatic carbocycles. The van der Waals surface area contributed by atoms with Gasteiger partial charge in [-0.3, -0.25) is 0 Å². The summed E-state index contributed by atoms with van der Waals surface area (Å²) in [5.74, 6) is 2.96. The summed E-state index contributed by atoms with van der Waals surface area (Å²) < 4.78 is 6.36. The van der Waals surface area contributed by atoms with Crippen LogP contribution in [0.4, 0.5) is 0 Å². The molecule has 1 aliphatic heterocycles. The SMILES string of the molecule is CC1=C(C)[C@H](C)[C@@H](C)[C@H](C(C)(C)C(C)(C)C(C)C)O1. The second-order valence-corrected chi connectivity index (χ2v) is 8.02. The molecule has 1 nitrogen and oxygen atoms in total. The summed E-state index contributed by atoms with van der Waals surface area (Å²) in [6.07, 6.45) is 0.295.